The second-order valence-corrected chi connectivity index (χ2v) is 6.82. The Morgan fingerprint density at radius 2 is 2.04 bits per heavy atom. The van der Waals surface area contributed by atoms with Crippen LogP contribution in [0, 0.1) is 0 Å². The summed E-state index contributed by atoms with van der Waals surface area (Å²) in [5, 5.41) is 19.8. The molecule has 0 atom stereocenters. The number of carbonyl (C=O) groups is 2. The molecular weight excluding hydrogens is 380 g/mol. The number of carboxylic acid groups (broad SMARTS) is 1. The smallest absolute Gasteiger partial charge is 0.335 e. The Labute approximate surface area is 166 Å². The van der Waals surface area contributed by atoms with Gasteiger partial charge in [0.2, 0.25) is 0 Å². The highest BCUT2D eigenvalue weighted by atomic mass is 32.2. The lowest BCUT2D eigenvalue weighted by molar-refractivity contribution is -0.122. The number of amides is 1. The minimum atomic E-state index is -1.04. The van der Waals surface area contributed by atoms with Gasteiger partial charge in [-0.25, -0.2) is 9.79 Å². The van der Waals surface area contributed by atoms with Crippen molar-refractivity contribution >= 4 is 40.6 Å². The Morgan fingerprint density at radius 1 is 1.29 bits per heavy atom. The van der Waals surface area contributed by atoms with Gasteiger partial charge in [0.05, 0.1) is 23.3 Å². The Balaban J connectivity index is 1.97. The van der Waals surface area contributed by atoms with Gasteiger partial charge in [-0.1, -0.05) is 18.2 Å². The molecule has 0 bridgehead atoms. The summed E-state index contributed by atoms with van der Waals surface area (Å²) < 4.78 is 5.10. The van der Waals surface area contributed by atoms with Crippen LogP contribution < -0.4 is 4.74 Å². The van der Waals surface area contributed by atoms with Crippen LogP contribution in [0.2, 0.25) is 0 Å². The average Bonchev–Trinajstić information content (AvgIpc) is 2.97. The fraction of sp³-hybridized carbons (Fsp3) is 0.150. The molecule has 8 heteroatoms. The highest BCUT2D eigenvalue weighted by molar-refractivity contribution is 8.18. The lowest BCUT2D eigenvalue weighted by Crippen LogP contribution is -2.28. The van der Waals surface area contributed by atoms with Gasteiger partial charge in [0.1, 0.15) is 0 Å². The number of likely N-dealkylation sites (N-methyl/N-ethyl adjacent to an activating group) is 1. The highest BCUT2D eigenvalue weighted by Gasteiger charge is 2.32. The van der Waals surface area contributed by atoms with Crippen molar-refractivity contribution in [1.82, 2.24) is 4.90 Å². The van der Waals surface area contributed by atoms with Crippen molar-refractivity contribution in [3.8, 4) is 11.5 Å². The van der Waals surface area contributed by atoms with E-state index in [-0.39, 0.29) is 17.2 Å². The molecule has 0 aliphatic carbocycles. The van der Waals surface area contributed by atoms with E-state index in [9.17, 15) is 14.7 Å². The van der Waals surface area contributed by atoms with Crippen LogP contribution in [-0.4, -0.2) is 45.8 Å². The molecule has 1 saturated heterocycles. The van der Waals surface area contributed by atoms with Crippen LogP contribution in [0.4, 0.5) is 5.69 Å². The monoisotopic (exact) mass is 398 g/mol. The van der Waals surface area contributed by atoms with Crippen LogP contribution in [0.5, 0.6) is 11.5 Å². The first kappa shape index (κ1) is 19.5. The molecule has 1 aliphatic rings. The fourth-order valence-electron chi connectivity index (χ4n) is 2.65. The Kier molecular flexibility index (Phi) is 5.70. The lowest BCUT2D eigenvalue weighted by Gasteiger charge is -2.12. The molecule has 0 unspecified atom stereocenters. The average molecular weight is 398 g/mol. The topological polar surface area (TPSA) is 99.4 Å². The maximum absolute atomic E-state index is 12.7. The predicted octanol–water partition coefficient (Wildman–Crippen LogP) is 3.72. The summed E-state index contributed by atoms with van der Waals surface area (Å²) in [6.45, 7) is 2.23. The van der Waals surface area contributed by atoms with Crippen LogP contribution in [-0.2, 0) is 4.79 Å². The normalized spacial score (nSPS) is 16.8. The van der Waals surface area contributed by atoms with Crippen molar-refractivity contribution in [2.24, 2.45) is 4.99 Å². The number of hydrogen-bond acceptors (Lipinski definition) is 6. The number of para-hydroxylation sites is 1. The fourth-order valence-corrected chi connectivity index (χ4v) is 3.70. The molecule has 0 radical (unpaired) electrons. The molecule has 2 N–H and O–H groups in total. The lowest BCUT2D eigenvalue weighted by atomic mass is 10.1. The van der Waals surface area contributed by atoms with E-state index in [1.54, 1.807) is 36.4 Å². The summed E-state index contributed by atoms with van der Waals surface area (Å²) in [5.41, 5.74) is 1.02. The SMILES string of the molecule is CCN1C(=O)/C(=C\c2cccc(OC)c2O)SC1=Nc1cccc(C(=O)O)c1. The number of phenolic OH excluding ortho intramolecular Hbond substituents is 1. The molecule has 7 nitrogen and oxygen atoms in total. The van der Waals surface area contributed by atoms with E-state index in [4.69, 9.17) is 9.84 Å². The number of hydrogen-bond donors (Lipinski definition) is 2. The second-order valence-electron chi connectivity index (χ2n) is 5.81. The largest absolute Gasteiger partial charge is 0.504 e. The van der Waals surface area contributed by atoms with Gasteiger partial charge in [0.25, 0.3) is 5.91 Å². The number of amidine groups is 1. The Bertz CT molecular complexity index is 1000. The second kappa shape index (κ2) is 8.18. The molecular formula is C20H18N2O5S. The number of rotatable bonds is 5. The molecule has 2 aromatic carbocycles. The van der Waals surface area contributed by atoms with Crippen molar-refractivity contribution in [3.63, 3.8) is 0 Å². The summed E-state index contributed by atoms with van der Waals surface area (Å²) in [5.74, 6) is -1.01. The number of thioether (sulfide) groups is 1. The summed E-state index contributed by atoms with van der Waals surface area (Å²) in [4.78, 5) is 30.2. The molecule has 1 fully saturated rings. The number of ether oxygens (including phenoxy) is 1. The first-order valence-corrected chi connectivity index (χ1v) is 9.25. The van der Waals surface area contributed by atoms with Crippen LogP contribution in [0.3, 0.4) is 0 Å². The summed E-state index contributed by atoms with van der Waals surface area (Å²) in [7, 11) is 1.45. The predicted molar refractivity (Wildman–Crippen MR) is 108 cm³/mol. The number of carbonyl (C=O) groups excluding carboxylic acids is 1. The zero-order valence-electron chi connectivity index (χ0n) is 15.2. The van der Waals surface area contributed by atoms with Crippen molar-refractivity contribution in [2.45, 2.75) is 6.92 Å². The summed E-state index contributed by atoms with van der Waals surface area (Å²) in [6, 6.07) is 11.2. The molecule has 0 saturated carbocycles. The van der Waals surface area contributed by atoms with E-state index in [0.717, 1.165) is 0 Å². The van der Waals surface area contributed by atoms with Gasteiger partial charge in [-0.3, -0.25) is 9.69 Å². The number of carboxylic acids is 1. The van der Waals surface area contributed by atoms with Crippen LogP contribution in [0.15, 0.2) is 52.4 Å². The standard InChI is InChI=1S/C20H18N2O5S/c1-3-22-18(24)16(11-12-6-5-9-15(27-2)17(12)23)28-20(22)21-14-8-4-7-13(10-14)19(25)26/h4-11,23H,3H2,1-2H3,(H,25,26)/b16-11+,21-20?. The first-order chi connectivity index (χ1) is 13.4. The Morgan fingerprint density at radius 3 is 2.71 bits per heavy atom. The first-order valence-electron chi connectivity index (χ1n) is 8.44. The number of nitrogens with zero attached hydrogens (tertiary/aromatic N) is 2. The number of benzene rings is 2. The highest BCUT2D eigenvalue weighted by Crippen LogP contribution is 2.37. The number of phenols is 1. The molecule has 1 amide bonds. The Hall–Kier alpha value is -3.26. The van der Waals surface area contributed by atoms with E-state index in [2.05, 4.69) is 4.99 Å². The number of aliphatic imine (C=N–C) groups is 1. The number of aromatic carboxylic acids is 1. The molecule has 0 aromatic heterocycles. The minimum absolute atomic E-state index is 0.0477. The molecule has 2 aromatic rings. The van der Waals surface area contributed by atoms with Gasteiger partial charge >= 0.3 is 5.97 Å². The van der Waals surface area contributed by atoms with Gasteiger partial charge < -0.3 is 14.9 Å². The van der Waals surface area contributed by atoms with Gasteiger partial charge in [-0.2, -0.15) is 0 Å². The maximum atomic E-state index is 12.7. The van der Waals surface area contributed by atoms with E-state index < -0.39 is 5.97 Å². The van der Waals surface area contributed by atoms with Crippen molar-refractivity contribution in [2.75, 3.05) is 13.7 Å². The van der Waals surface area contributed by atoms with E-state index >= 15 is 0 Å². The van der Waals surface area contributed by atoms with E-state index in [0.29, 0.717) is 33.6 Å². The van der Waals surface area contributed by atoms with E-state index in [1.807, 2.05) is 6.92 Å². The molecule has 1 aliphatic heterocycles. The van der Waals surface area contributed by atoms with Crippen LogP contribution in [0.1, 0.15) is 22.8 Å². The van der Waals surface area contributed by atoms with Crippen LogP contribution >= 0.6 is 11.8 Å². The zero-order valence-corrected chi connectivity index (χ0v) is 16.1. The third-order valence-electron chi connectivity index (χ3n) is 4.06. The van der Waals surface area contributed by atoms with E-state index in [1.165, 1.54) is 35.9 Å². The summed E-state index contributed by atoms with van der Waals surface area (Å²) >= 11 is 1.17. The van der Waals surface area contributed by atoms with Crippen molar-refractivity contribution < 1.29 is 24.5 Å². The third kappa shape index (κ3) is 3.86. The zero-order chi connectivity index (χ0) is 20.3. The molecule has 3 rings (SSSR count). The molecule has 144 valence electrons. The molecule has 0 spiro atoms. The summed E-state index contributed by atoms with van der Waals surface area (Å²) in [6.07, 6.45) is 1.59. The van der Waals surface area contributed by atoms with Gasteiger partial charge in [0.15, 0.2) is 16.7 Å². The van der Waals surface area contributed by atoms with Crippen molar-refractivity contribution in [1.29, 1.82) is 0 Å². The number of aromatic hydroxyl groups is 1. The van der Waals surface area contributed by atoms with Gasteiger partial charge in [-0.15, -0.1) is 0 Å². The molecule has 28 heavy (non-hydrogen) atoms. The number of methoxy groups -OCH3 is 1. The maximum Gasteiger partial charge on any atom is 0.335 e. The minimum Gasteiger partial charge on any atom is -0.504 e. The van der Waals surface area contributed by atoms with Gasteiger partial charge in [0, 0.05) is 12.1 Å². The molecule has 1 heterocycles. The van der Waals surface area contributed by atoms with Crippen LogP contribution in [0.25, 0.3) is 6.08 Å². The van der Waals surface area contributed by atoms with Gasteiger partial charge in [-0.05, 0) is 49.0 Å². The quantitative estimate of drug-likeness (QED) is 0.745. The third-order valence-corrected chi connectivity index (χ3v) is 5.07. The van der Waals surface area contributed by atoms with Crippen molar-refractivity contribution in [3.05, 3.63) is 58.5 Å².